The van der Waals surface area contributed by atoms with Gasteiger partial charge in [-0.25, -0.2) is 13.4 Å². The number of H-pyrrole nitrogens is 1. The third-order valence-corrected chi connectivity index (χ3v) is 8.98. The number of rotatable bonds is 4. The molecule has 0 radical (unpaired) electrons. The van der Waals surface area contributed by atoms with Gasteiger partial charge in [-0.3, -0.25) is 4.79 Å². The Bertz CT molecular complexity index is 1250. The van der Waals surface area contributed by atoms with Crippen molar-refractivity contribution in [1.82, 2.24) is 19.2 Å². The lowest BCUT2D eigenvalue weighted by atomic mass is 10.1. The number of para-hydroxylation sites is 2. The Hall–Kier alpha value is -2.42. The highest BCUT2D eigenvalue weighted by atomic mass is 35.5. The fourth-order valence-corrected chi connectivity index (χ4v) is 6.86. The van der Waals surface area contributed by atoms with Gasteiger partial charge in [0.1, 0.15) is 10.7 Å². The molecule has 7 nitrogen and oxygen atoms in total. The Morgan fingerprint density at radius 2 is 1.76 bits per heavy atom. The molecule has 2 fully saturated rings. The lowest BCUT2D eigenvalue weighted by molar-refractivity contribution is 0.0730. The maximum Gasteiger partial charge on any atom is 0.254 e. The average molecular weight is 487 g/mol. The lowest BCUT2D eigenvalue weighted by Crippen LogP contribution is -2.33. The number of imidazole rings is 1. The van der Waals surface area contributed by atoms with Crippen LogP contribution in [0.1, 0.15) is 60.7 Å². The molecule has 3 aromatic rings. The quantitative estimate of drug-likeness (QED) is 0.576. The number of aromatic nitrogens is 2. The number of likely N-dealkylation sites (tertiary alicyclic amines) is 1. The van der Waals surface area contributed by atoms with E-state index in [-0.39, 0.29) is 21.9 Å². The van der Waals surface area contributed by atoms with Crippen molar-refractivity contribution in [3.05, 3.63) is 58.9 Å². The van der Waals surface area contributed by atoms with Crippen LogP contribution in [0.5, 0.6) is 0 Å². The van der Waals surface area contributed by atoms with E-state index in [0.29, 0.717) is 25.2 Å². The first-order chi connectivity index (χ1) is 15.9. The van der Waals surface area contributed by atoms with E-state index in [4.69, 9.17) is 11.6 Å². The molecule has 9 heteroatoms. The smallest absolute Gasteiger partial charge is 0.254 e. The summed E-state index contributed by atoms with van der Waals surface area (Å²) in [5.41, 5.74) is 2.13. The van der Waals surface area contributed by atoms with E-state index in [1.54, 1.807) is 11.0 Å². The number of nitrogens with zero attached hydrogens (tertiary/aromatic N) is 3. The molecule has 0 saturated carbocycles. The first kappa shape index (κ1) is 22.4. The van der Waals surface area contributed by atoms with Gasteiger partial charge >= 0.3 is 0 Å². The molecule has 1 aromatic heterocycles. The van der Waals surface area contributed by atoms with Gasteiger partial charge in [-0.1, -0.05) is 36.6 Å². The van der Waals surface area contributed by atoms with Crippen molar-refractivity contribution >= 4 is 38.6 Å². The number of carbonyl (C=O) groups is 1. The van der Waals surface area contributed by atoms with Crippen LogP contribution in [-0.4, -0.2) is 53.1 Å². The summed E-state index contributed by atoms with van der Waals surface area (Å²) in [6, 6.07) is 12.2. The zero-order chi connectivity index (χ0) is 23.0. The van der Waals surface area contributed by atoms with Crippen LogP contribution in [0.3, 0.4) is 0 Å². The lowest BCUT2D eigenvalue weighted by Gasteiger charge is -2.24. The molecule has 33 heavy (non-hydrogen) atoms. The highest BCUT2D eigenvalue weighted by Crippen LogP contribution is 2.34. The molecule has 0 spiro atoms. The molecule has 174 valence electrons. The normalized spacial score (nSPS) is 20.3. The van der Waals surface area contributed by atoms with Gasteiger partial charge in [0.15, 0.2) is 0 Å². The van der Waals surface area contributed by atoms with E-state index in [1.165, 1.54) is 16.4 Å². The van der Waals surface area contributed by atoms with Crippen LogP contribution in [0.2, 0.25) is 5.02 Å². The summed E-state index contributed by atoms with van der Waals surface area (Å²) in [5, 5.41) is 0.144. The summed E-state index contributed by atoms with van der Waals surface area (Å²) in [7, 11) is -3.77. The van der Waals surface area contributed by atoms with Gasteiger partial charge in [-0.15, -0.1) is 0 Å². The number of carbonyl (C=O) groups excluding carboxylic acids is 1. The number of hydrogen-bond donors (Lipinski definition) is 1. The summed E-state index contributed by atoms with van der Waals surface area (Å²) in [5.74, 6) is 0.551. The van der Waals surface area contributed by atoms with Gasteiger partial charge in [-0.2, -0.15) is 4.31 Å². The highest BCUT2D eigenvalue weighted by molar-refractivity contribution is 7.89. The van der Waals surface area contributed by atoms with Crippen LogP contribution < -0.4 is 0 Å². The molecule has 2 aliphatic rings. The van der Waals surface area contributed by atoms with Crippen LogP contribution in [0.4, 0.5) is 0 Å². The minimum Gasteiger partial charge on any atom is -0.340 e. The zero-order valence-corrected chi connectivity index (χ0v) is 19.9. The Labute approximate surface area is 198 Å². The molecule has 1 atom stereocenters. The van der Waals surface area contributed by atoms with Gasteiger partial charge in [0.2, 0.25) is 10.0 Å². The number of halogens is 1. The third kappa shape index (κ3) is 4.27. The number of sulfonamides is 1. The van der Waals surface area contributed by atoms with E-state index in [2.05, 4.69) is 9.97 Å². The average Bonchev–Trinajstić information content (AvgIpc) is 3.37. The number of aromatic amines is 1. The van der Waals surface area contributed by atoms with E-state index in [9.17, 15) is 13.2 Å². The predicted octanol–water partition coefficient (Wildman–Crippen LogP) is 4.76. The first-order valence-electron chi connectivity index (χ1n) is 11.5. The second-order valence-corrected chi connectivity index (χ2v) is 11.1. The van der Waals surface area contributed by atoms with Crippen molar-refractivity contribution in [2.24, 2.45) is 0 Å². The monoisotopic (exact) mass is 486 g/mol. The zero-order valence-electron chi connectivity index (χ0n) is 18.3. The van der Waals surface area contributed by atoms with Gasteiger partial charge in [0.25, 0.3) is 5.91 Å². The fourth-order valence-electron chi connectivity index (χ4n) is 4.85. The molecule has 0 unspecified atom stereocenters. The van der Waals surface area contributed by atoms with E-state index < -0.39 is 10.0 Å². The van der Waals surface area contributed by atoms with Crippen molar-refractivity contribution < 1.29 is 13.2 Å². The minimum atomic E-state index is -3.77. The molecular formula is C24H27ClN4O3S. The summed E-state index contributed by atoms with van der Waals surface area (Å²) < 4.78 is 28.2. The molecule has 0 aliphatic carbocycles. The SMILES string of the molecule is O=C(c1ccc(Cl)c(S(=O)(=O)N2CCCCCC2)c1)N1CCC[C@@H]1c1nc2ccccc2[nH]1. The number of fused-ring (bicyclic) bond motifs is 1. The van der Waals surface area contributed by atoms with Crippen LogP contribution in [0, 0.1) is 0 Å². The Balaban J connectivity index is 1.44. The van der Waals surface area contributed by atoms with Crippen LogP contribution in [0.25, 0.3) is 11.0 Å². The third-order valence-electron chi connectivity index (χ3n) is 6.60. The van der Waals surface area contributed by atoms with Crippen LogP contribution in [0.15, 0.2) is 47.4 Å². The number of nitrogens with one attached hydrogen (secondary N) is 1. The second kappa shape index (κ2) is 9.08. The van der Waals surface area contributed by atoms with Crippen molar-refractivity contribution in [2.45, 2.75) is 49.5 Å². The van der Waals surface area contributed by atoms with Crippen LogP contribution >= 0.6 is 11.6 Å². The van der Waals surface area contributed by atoms with Crippen molar-refractivity contribution in [3.8, 4) is 0 Å². The van der Waals surface area contributed by atoms with Crippen molar-refractivity contribution in [3.63, 3.8) is 0 Å². The van der Waals surface area contributed by atoms with Gasteiger partial charge in [-0.05, 0) is 56.0 Å². The molecule has 2 aromatic carbocycles. The Kier molecular flexibility index (Phi) is 6.16. The van der Waals surface area contributed by atoms with E-state index in [0.717, 1.165) is 55.4 Å². The predicted molar refractivity (Wildman–Crippen MR) is 128 cm³/mol. The van der Waals surface area contributed by atoms with E-state index >= 15 is 0 Å². The molecular weight excluding hydrogens is 460 g/mol. The largest absolute Gasteiger partial charge is 0.340 e. The molecule has 1 amide bonds. The minimum absolute atomic E-state index is 0.0106. The van der Waals surface area contributed by atoms with Gasteiger partial charge in [0.05, 0.1) is 22.1 Å². The van der Waals surface area contributed by atoms with Gasteiger partial charge in [0, 0.05) is 25.2 Å². The summed E-state index contributed by atoms with van der Waals surface area (Å²) in [6.07, 6.45) is 5.38. The second-order valence-electron chi connectivity index (χ2n) is 8.76. The molecule has 0 bridgehead atoms. The maximum atomic E-state index is 13.5. The molecule has 2 saturated heterocycles. The summed E-state index contributed by atoms with van der Waals surface area (Å²) in [6.45, 7) is 1.56. The Morgan fingerprint density at radius 3 is 2.52 bits per heavy atom. The summed E-state index contributed by atoms with van der Waals surface area (Å²) in [4.78, 5) is 23.3. The van der Waals surface area contributed by atoms with Crippen molar-refractivity contribution in [1.29, 1.82) is 0 Å². The molecule has 3 heterocycles. The topological polar surface area (TPSA) is 86.4 Å². The van der Waals surface area contributed by atoms with Crippen LogP contribution in [-0.2, 0) is 10.0 Å². The molecule has 5 rings (SSSR count). The number of amides is 1. The maximum absolute atomic E-state index is 13.5. The fraction of sp³-hybridized carbons (Fsp3) is 0.417. The molecule has 2 aliphatic heterocycles. The highest BCUT2D eigenvalue weighted by Gasteiger charge is 2.34. The molecule has 1 N–H and O–H groups in total. The van der Waals surface area contributed by atoms with Gasteiger partial charge < -0.3 is 9.88 Å². The Morgan fingerprint density at radius 1 is 1.00 bits per heavy atom. The summed E-state index contributed by atoms with van der Waals surface area (Å²) >= 11 is 6.33. The standard InChI is InChI=1S/C24H27ClN4O3S/c25-18-12-11-17(16-22(18)33(31,32)28-13-5-1-2-6-14-28)24(30)29-15-7-10-21(29)23-26-19-8-3-4-9-20(19)27-23/h3-4,8-9,11-12,16,21H,1-2,5-7,10,13-15H2,(H,26,27)/t21-/m1/s1. The van der Waals surface area contributed by atoms with E-state index in [1.807, 2.05) is 24.3 Å². The van der Waals surface area contributed by atoms with Crippen molar-refractivity contribution in [2.75, 3.05) is 19.6 Å². The number of hydrogen-bond acceptors (Lipinski definition) is 4. The first-order valence-corrected chi connectivity index (χ1v) is 13.3. The number of benzene rings is 2.